The van der Waals surface area contributed by atoms with Crippen LogP contribution in [0.5, 0.6) is 0 Å². The summed E-state index contributed by atoms with van der Waals surface area (Å²) in [5.74, 6) is 0. The minimum atomic E-state index is -3.94. The fourth-order valence-corrected chi connectivity index (χ4v) is 13.0. The first-order chi connectivity index (χ1) is 19.0. The molecule has 0 aliphatic heterocycles. The van der Waals surface area contributed by atoms with E-state index in [9.17, 15) is 8.42 Å². The molecule has 0 heterocycles. The van der Waals surface area contributed by atoms with Gasteiger partial charge in [-0.2, -0.15) is 8.42 Å². The van der Waals surface area contributed by atoms with E-state index in [0.717, 1.165) is 50.6 Å². The molecule has 0 saturated heterocycles. The van der Waals surface area contributed by atoms with Crippen LogP contribution in [0.15, 0.2) is 87.5 Å². The average Bonchev–Trinajstić information content (AvgIpc) is 2.91. The second-order valence-corrected chi connectivity index (χ2v) is 19.2. The van der Waals surface area contributed by atoms with Crippen LogP contribution in [0, 0.1) is 0 Å². The zero-order valence-corrected chi connectivity index (χ0v) is 28.2. The van der Waals surface area contributed by atoms with Crippen molar-refractivity contribution in [3.8, 4) is 0 Å². The molecule has 0 spiro atoms. The fraction of sp³-hybridized carbons (Fsp3) is 0.500. The van der Waals surface area contributed by atoms with E-state index in [4.69, 9.17) is 3.63 Å². The Bertz CT molecular complexity index is 1320. The van der Waals surface area contributed by atoms with Gasteiger partial charge in [0.1, 0.15) is 0 Å². The van der Waals surface area contributed by atoms with Gasteiger partial charge in [-0.25, -0.2) is 3.63 Å². The molecule has 0 bridgehead atoms. The predicted octanol–water partition coefficient (Wildman–Crippen LogP) is 10.5. The number of hydrogen-bond donors (Lipinski definition) is 0. The lowest BCUT2D eigenvalue weighted by atomic mass is 9.87. The third-order valence-corrected chi connectivity index (χ3v) is 14.0. The third-order valence-electron chi connectivity index (χ3n) is 8.17. The Morgan fingerprint density at radius 3 is 1.17 bits per heavy atom. The molecule has 0 radical (unpaired) electrons. The van der Waals surface area contributed by atoms with E-state index in [1.165, 1.54) is 0 Å². The lowest BCUT2D eigenvalue weighted by Gasteiger charge is -2.47. The zero-order chi connectivity index (χ0) is 30.3. The first-order valence-electron chi connectivity index (χ1n) is 15.1. The summed E-state index contributed by atoms with van der Waals surface area (Å²) in [4.78, 5) is 2.92. The molecule has 3 aromatic carbocycles. The maximum absolute atomic E-state index is 14.6. The SMILES string of the molecule is CC(C)(C)c1ccccc1S(OS(=O)(=O)C1CCCCC1)(c1ccccc1C(C)(C)C)c1ccccc1C(C)(C)C. The third kappa shape index (κ3) is 6.48. The van der Waals surface area contributed by atoms with Crippen molar-refractivity contribution in [2.45, 2.75) is 131 Å². The van der Waals surface area contributed by atoms with Gasteiger partial charge in [0.05, 0.1) is 5.25 Å². The number of rotatable bonds is 6. The van der Waals surface area contributed by atoms with Crippen molar-refractivity contribution in [3.05, 3.63) is 89.5 Å². The van der Waals surface area contributed by atoms with E-state index in [1.54, 1.807) is 0 Å². The fourth-order valence-electron chi connectivity index (χ4n) is 6.03. The van der Waals surface area contributed by atoms with Crippen LogP contribution in [0.3, 0.4) is 0 Å². The molecule has 1 aliphatic carbocycles. The molecule has 0 amide bonds. The maximum Gasteiger partial charge on any atom is 0.280 e. The molecule has 4 rings (SSSR count). The zero-order valence-electron chi connectivity index (χ0n) is 26.6. The van der Waals surface area contributed by atoms with E-state index < -0.39 is 25.7 Å². The summed E-state index contributed by atoms with van der Waals surface area (Å²) in [6, 6.07) is 25.2. The summed E-state index contributed by atoms with van der Waals surface area (Å²) in [5.41, 5.74) is 2.63. The molecule has 1 fully saturated rings. The Labute approximate surface area is 251 Å². The minimum absolute atomic E-state index is 0.236. The molecule has 0 N–H and O–H groups in total. The van der Waals surface area contributed by atoms with Gasteiger partial charge in [-0.3, -0.25) is 0 Å². The van der Waals surface area contributed by atoms with Crippen LogP contribution in [-0.4, -0.2) is 13.7 Å². The second-order valence-electron chi connectivity index (χ2n) is 14.6. The summed E-state index contributed by atoms with van der Waals surface area (Å²) in [5, 5.41) is -0.492. The maximum atomic E-state index is 14.6. The van der Waals surface area contributed by atoms with Gasteiger partial charge in [0.25, 0.3) is 10.1 Å². The summed E-state index contributed by atoms with van der Waals surface area (Å²) in [7, 11) is -6.70. The Morgan fingerprint density at radius 1 is 0.537 bits per heavy atom. The standard InChI is InChI=1S/C36H50O3S2/c1-34(2,3)28-21-13-16-24-31(28)40(32-25-17-14-22-29(32)35(4,5)6,33-26-18-15-23-30(33)36(7,8)9)39-41(37,38)27-19-11-10-12-20-27/h13-18,21-27H,10-12,19-20H2,1-9H3. The van der Waals surface area contributed by atoms with Gasteiger partial charge < -0.3 is 0 Å². The van der Waals surface area contributed by atoms with Gasteiger partial charge in [0.15, 0.2) is 0 Å². The largest absolute Gasteiger partial charge is 0.280 e. The van der Waals surface area contributed by atoms with Crippen molar-refractivity contribution >= 4 is 20.4 Å². The van der Waals surface area contributed by atoms with Crippen LogP contribution in [0.25, 0.3) is 0 Å². The van der Waals surface area contributed by atoms with Crippen LogP contribution < -0.4 is 0 Å². The predicted molar refractivity (Wildman–Crippen MR) is 175 cm³/mol. The number of hydrogen-bond acceptors (Lipinski definition) is 3. The van der Waals surface area contributed by atoms with Gasteiger partial charge in [-0.15, -0.1) is 0 Å². The molecule has 0 unspecified atom stereocenters. The molecule has 0 aromatic heterocycles. The summed E-state index contributed by atoms with van der Waals surface area (Å²) >= 11 is 0. The normalized spacial score (nSPS) is 16.5. The van der Waals surface area contributed by atoms with E-state index in [1.807, 2.05) is 18.2 Å². The Hall–Kier alpha value is -2.08. The molecule has 224 valence electrons. The lowest BCUT2D eigenvalue weighted by molar-refractivity contribution is 0.439. The minimum Gasteiger partial charge on any atom is -0.206 e. The first kappa shape index (κ1) is 31.8. The smallest absolute Gasteiger partial charge is 0.206 e. The summed E-state index contributed by atoms with van der Waals surface area (Å²) in [6.07, 6.45) is 4.23. The highest BCUT2D eigenvalue weighted by Gasteiger charge is 2.46. The van der Waals surface area contributed by atoms with Crippen molar-refractivity contribution in [1.82, 2.24) is 0 Å². The Morgan fingerprint density at radius 2 is 0.854 bits per heavy atom. The second kappa shape index (κ2) is 11.5. The van der Waals surface area contributed by atoms with Gasteiger partial charge in [-0.1, -0.05) is 136 Å². The van der Waals surface area contributed by atoms with Crippen molar-refractivity contribution in [2.24, 2.45) is 0 Å². The lowest BCUT2D eigenvalue weighted by Crippen LogP contribution is -2.30. The molecule has 41 heavy (non-hydrogen) atoms. The molecular weight excluding hydrogens is 545 g/mol. The van der Waals surface area contributed by atoms with Gasteiger partial charge in [0.2, 0.25) is 0 Å². The highest BCUT2D eigenvalue weighted by molar-refractivity contribution is 8.33. The van der Waals surface area contributed by atoms with Gasteiger partial charge >= 0.3 is 0 Å². The quantitative estimate of drug-likeness (QED) is 0.285. The van der Waals surface area contributed by atoms with Crippen molar-refractivity contribution < 1.29 is 12.0 Å². The Balaban J connectivity index is 2.26. The van der Waals surface area contributed by atoms with Crippen LogP contribution in [0.2, 0.25) is 0 Å². The molecular formula is C36H50O3S2. The van der Waals surface area contributed by atoms with E-state index >= 15 is 0 Å². The first-order valence-corrected chi connectivity index (χ1v) is 18.1. The van der Waals surface area contributed by atoms with Crippen LogP contribution >= 0.6 is 10.3 Å². The van der Waals surface area contributed by atoms with Gasteiger partial charge in [0, 0.05) is 14.7 Å². The highest BCUT2D eigenvalue weighted by Crippen LogP contribution is 2.74. The molecule has 3 aromatic rings. The van der Waals surface area contributed by atoms with Gasteiger partial charge in [-0.05, 0) is 74.3 Å². The van der Waals surface area contributed by atoms with E-state index in [-0.39, 0.29) is 16.2 Å². The summed E-state index contributed by atoms with van der Waals surface area (Å²) in [6.45, 7) is 19.8. The van der Waals surface area contributed by atoms with Crippen LogP contribution in [0.4, 0.5) is 0 Å². The number of benzene rings is 3. The highest BCUT2D eigenvalue weighted by atomic mass is 32.3. The molecule has 5 heteroatoms. The molecule has 1 saturated carbocycles. The van der Waals surface area contributed by atoms with E-state index in [2.05, 4.69) is 117 Å². The van der Waals surface area contributed by atoms with Crippen LogP contribution in [-0.2, 0) is 30.0 Å². The van der Waals surface area contributed by atoms with Crippen LogP contribution in [0.1, 0.15) is 111 Å². The summed E-state index contributed by atoms with van der Waals surface area (Å²) < 4.78 is 36.3. The topological polar surface area (TPSA) is 43.4 Å². The van der Waals surface area contributed by atoms with Crippen molar-refractivity contribution in [3.63, 3.8) is 0 Å². The van der Waals surface area contributed by atoms with Crippen molar-refractivity contribution in [1.29, 1.82) is 0 Å². The molecule has 0 atom stereocenters. The van der Waals surface area contributed by atoms with E-state index in [0.29, 0.717) is 12.8 Å². The Kier molecular flexibility index (Phi) is 8.97. The van der Waals surface area contributed by atoms with Crippen molar-refractivity contribution in [2.75, 3.05) is 0 Å². The average molecular weight is 595 g/mol. The molecule has 1 aliphatic rings. The monoisotopic (exact) mass is 594 g/mol. The molecule has 3 nitrogen and oxygen atoms in total.